The smallest absolute Gasteiger partial charge is 0.213 e. The number of nitrogens with two attached hydrogens (primary N) is 1. The van der Waals surface area contributed by atoms with Crippen LogP contribution in [0.25, 0.3) is 0 Å². The lowest BCUT2D eigenvalue weighted by molar-refractivity contribution is 0.140. The maximum absolute atomic E-state index is 11.3. The van der Waals surface area contributed by atoms with E-state index in [-0.39, 0.29) is 12.4 Å². The predicted molar refractivity (Wildman–Crippen MR) is 62.8 cm³/mol. The Morgan fingerprint density at radius 3 is 2.56 bits per heavy atom. The second-order valence-corrected chi connectivity index (χ2v) is 5.09. The molecule has 0 aromatic rings. The van der Waals surface area contributed by atoms with Crippen LogP contribution in [0.4, 0.5) is 0 Å². The summed E-state index contributed by atoms with van der Waals surface area (Å²) in [5.41, 5.74) is 5.23. The molecule has 0 saturated heterocycles. The van der Waals surface area contributed by atoms with E-state index in [1.165, 1.54) is 0 Å². The van der Waals surface area contributed by atoms with Crippen molar-refractivity contribution in [3.8, 4) is 0 Å². The topological polar surface area (TPSA) is 90.7 Å². The Labute approximate surface area is 97.5 Å². The highest BCUT2D eigenvalue weighted by Crippen LogP contribution is 1.87. The zero-order valence-electron chi connectivity index (χ0n) is 9.78. The van der Waals surface area contributed by atoms with Crippen molar-refractivity contribution in [2.45, 2.75) is 13.3 Å². The summed E-state index contributed by atoms with van der Waals surface area (Å²) < 4.78 is 35.2. The minimum absolute atomic E-state index is 0.00446. The van der Waals surface area contributed by atoms with E-state index in [1.807, 2.05) is 6.92 Å². The van der Waals surface area contributed by atoms with Gasteiger partial charge in [0.25, 0.3) is 0 Å². The summed E-state index contributed by atoms with van der Waals surface area (Å²) in [5.74, 6) is 0.00446. The van der Waals surface area contributed by atoms with Crippen molar-refractivity contribution in [2.75, 3.05) is 45.3 Å². The average Bonchev–Trinajstić information content (AvgIpc) is 2.23. The van der Waals surface area contributed by atoms with Crippen LogP contribution in [0, 0.1) is 0 Å². The van der Waals surface area contributed by atoms with E-state index < -0.39 is 10.0 Å². The molecule has 0 unspecified atom stereocenters. The standard InChI is InChI=1S/C9H22N2O4S/c1-2-14-8-9-16(12,13)11-5-3-6-15-7-4-10/h11H,2-10H2,1H3. The Bertz CT molecular complexity index is 244. The molecule has 0 aliphatic carbocycles. The molecule has 98 valence electrons. The summed E-state index contributed by atoms with van der Waals surface area (Å²) in [6, 6.07) is 0. The summed E-state index contributed by atoms with van der Waals surface area (Å²) >= 11 is 0. The second kappa shape index (κ2) is 9.98. The Hall–Kier alpha value is -0.210. The van der Waals surface area contributed by atoms with Crippen molar-refractivity contribution < 1.29 is 17.9 Å². The summed E-state index contributed by atoms with van der Waals surface area (Å²) in [5, 5.41) is 0. The summed E-state index contributed by atoms with van der Waals surface area (Å²) in [6.07, 6.45) is 0.647. The van der Waals surface area contributed by atoms with Gasteiger partial charge in [-0.1, -0.05) is 0 Å². The lowest BCUT2D eigenvalue weighted by Crippen LogP contribution is -2.30. The minimum atomic E-state index is -3.20. The molecule has 0 aromatic carbocycles. The van der Waals surface area contributed by atoms with Gasteiger partial charge in [-0.2, -0.15) is 0 Å². The first-order valence-electron chi connectivity index (χ1n) is 5.45. The van der Waals surface area contributed by atoms with Gasteiger partial charge in [-0.15, -0.1) is 0 Å². The molecule has 7 heteroatoms. The van der Waals surface area contributed by atoms with Crippen LogP contribution >= 0.6 is 0 Å². The van der Waals surface area contributed by atoms with Crippen LogP contribution in [0.5, 0.6) is 0 Å². The largest absolute Gasteiger partial charge is 0.381 e. The highest BCUT2D eigenvalue weighted by Gasteiger charge is 2.08. The zero-order chi connectivity index (χ0) is 12.3. The molecule has 6 nitrogen and oxygen atoms in total. The molecular weight excluding hydrogens is 232 g/mol. The summed E-state index contributed by atoms with van der Waals surface area (Å²) in [6.45, 7) is 4.49. The number of hydrogen-bond donors (Lipinski definition) is 2. The minimum Gasteiger partial charge on any atom is -0.381 e. The van der Waals surface area contributed by atoms with Crippen LogP contribution in [0.2, 0.25) is 0 Å². The van der Waals surface area contributed by atoms with E-state index in [4.69, 9.17) is 15.2 Å². The van der Waals surface area contributed by atoms with Crippen LogP contribution in [-0.2, 0) is 19.5 Å². The molecule has 0 heterocycles. The molecule has 0 bridgehead atoms. The van der Waals surface area contributed by atoms with Gasteiger partial charge in [0.2, 0.25) is 10.0 Å². The lowest BCUT2D eigenvalue weighted by Gasteiger charge is -2.06. The van der Waals surface area contributed by atoms with E-state index in [9.17, 15) is 8.42 Å². The highest BCUT2D eigenvalue weighted by molar-refractivity contribution is 7.89. The Kier molecular flexibility index (Phi) is 9.85. The van der Waals surface area contributed by atoms with E-state index in [0.29, 0.717) is 39.3 Å². The van der Waals surface area contributed by atoms with Gasteiger partial charge in [0.05, 0.1) is 19.0 Å². The maximum atomic E-state index is 11.3. The molecule has 0 saturated carbocycles. The Balaban J connectivity index is 3.43. The fourth-order valence-corrected chi connectivity index (χ4v) is 1.91. The molecule has 0 aliphatic heterocycles. The Morgan fingerprint density at radius 1 is 1.19 bits per heavy atom. The van der Waals surface area contributed by atoms with Crippen LogP contribution in [0.15, 0.2) is 0 Å². The number of rotatable bonds is 11. The van der Waals surface area contributed by atoms with Crippen molar-refractivity contribution in [1.29, 1.82) is 0 Å². The third-order valence-corrected chi connectivity index (χ3v) is 3.10. The molecule has 0 spiro atoms. The van der Waals surface area contributed by atoms with Crippen LogP contribution < -0.4 is 10.5 Å². The average molecular weight is 254 g/mol. The monoisotopic (exact) mass is 254 g/mol. The van der Waals surface area contributed by atoms with E-state index in [0.717, 1.165) is 0 Å². The molecule has 0 atom stereocenters. The predicted octanol–water partition coefficient (Wildman–Crippen LogP) is -0.692. The van der Waals surface area contributed by atoms with Gasteiger partial charge >= 0.3 is 0 Å². The molecular formula is C9H22N2O4S. The van der Waals surface area contributed by atoms with Crippen molar-refractivity contribution in [2.24, 2.45) is 5.73 Å². The number of hydrogen-bond acceptors (Lipinski definition) is 5. The van der Waals surface area contributed by atoms with Crippen molar-refractivity contribution in [3.63, 3.8) is 0 Å². The van der Waals surface area contributed by atoms with Crippen molar-refractivity contribution >= 4 is 10.0 Å². The first-order valence-corrected chi connectivity index (χ1v) is 7.10. The molecule has 0 amide bonds. The molecule has 0 fully saturated rings. The first kappa shape index (κ1) is 15.8. The Morgan fingerprint density at radius 2 is 1.94 bits per heavy atom. The van der Waals surface area contributed by atoms with Gasteiger partial charge in [0, 0.05) is 26.3 Å². The summed E-state index contributed by atoms with van der Waals surface area (Å²) in [4.78, 5) is 0. The van der Waals surface area contributed by atoms with Crippen molar-refractivity contribution in [3.05, 3.63) is 0 Å². The van der Waals surface area contributed by atoms with E-state index in [1.54, 1.807) is 0 Å². The third kappa shape index (κ3) is 10.3. The first-order chi connectivity index (χ1) is 7.62. The van der Waals surface area contributed by atoms with Gasteiger partial charge in [0.15, 0.2) is 0 Å². The highest BCUT2D eigenvalue weighted by atomic mass is 32.2. The van der Waals surface area contributed by atoms with Crippen LogP contribution in [0.1, 0.15) is 13.3 Å². The fraction of sp³-hybridized carbons (Fsp3) is 1.00. The molecule has 0 rings (SSSR count). The van der Waals surface area contributed by atoms with E-state index in [2.05, 4.69) is 4.72 Å². The van der Waals surface area contributed by atoms with E-state index >= 15 is 0 Å². The van der Waals surface area contributed by atoms with Gasteiger partial charge in [-0.3, -0.25) is 0 Å². The lowest BCUT2D eigenvalue weighted by atomic mass is 10.5. The van der Waals surface area contributed by atoms with Gasteiger partial charge in [0.1, 0.15) is 0 Å². The summed E-state index contributed by atoms with van der Waals surface area (Å²) in [7, 11) is -3.20. The quantitative estimate of drug-likeness (QED) is 0.476. The van der Waals surface area contributed by atoms with Gasteiger partial charge in [-0.05, 0) is 13.3 Å². The maximum Gasteiger partial charge on any atom is 0.213 e. The van der Waals surface area contributed by atoms with Crippen LogP contribution in [0.3, 0.4) is 0 Å². The molecule has 0 aromatic heterocycles. The third-order valence-electron chi connectivity index (χ3n) is 1.75. The molecule has 0 aliphatic rings. The van der Waals surface area contributed by atoms with Gasteiger partial charge in [-0.25, -0.2) is 13.1 Å². The van der Waals surface area contributed by atoms with Gasteiger partial charge < -0.3 is 15.2 Å². The fourth-order valence-electron chi connectivity index (χ4n) is 0.972. The number of ether oxygens (including phenoxy) is 2. The number of nitrogens with one attached hydrogen (secondary N) is 1. The molecule has 16 heavy (non-hydrogen) atoms. The zero-order valence-corrected chi connectivity index (χ0v) is 10.6. The molecule has 3 N–H and O–H groups in total. The number of sulfonamides is 1. The van der Waals surface area contributed by atoms with Crippen molar-refractivity contribution in [1.82, 2.24) is 4.72 Å². The SMILES string of the molecule is CCOCCS(=O)(=O)NCCCOCCN. The second-order valence-electron chi connectivity index (χ2n) is 3.16. The van der Waals surface area contributed by atoms with Crippen LogP contribution in [-0.4, -0.2) is 53.7 Å². The molecule has 0 radical (unpaired) electrons. The normalized spacial score (nSPS) is 11.9.